The van der Waals surface area contributed by atoms with Gasteiger partial charge in [0.25, 0.3) is 0 Å². The molecule has 96 valence electrons. The van der Waals surface area contributed by atoms with Crippen molar-refractivity contribution in [3.63, 3.8) is 0 Å². The maximum absolute atomic E-state index is 12.1. The van der Waals surface area contributed by atoms with E-state index in [4.69, 9.17) is 4.42 Å². The predicted octanol–water partition coefficient (Wildman–Crippen LogP) is 4.39. The molecule has 0 N–H and O–H groups in total. The van der Waals surface area contributed by atoms with Gasteiger partial charge in [0.15, 0.2) is 5.78 Å². The molecule has 2 nitrogen and oxygen atoms in total. The van der Waals surface area contributed by atoms with Gasteiger partial charge in [0.1, 0.15) is 11.8 Å². The lowest BCUT2D eigenvalue weighted by molar-refractivity contribution is 0.102. The van der Waals surface area contributed by atoms with Crippen LogP contribution < -0.4 is 0 Å². The van der Waals surface area contributed by atoms with Crippen molar-refractivity contribution >= 4 is 28.5 Å². The van der Waals surface area contributed by atoms with E-state index < -0.39 is 0 Å². The molecule has 1 aromatic carbocycles. The van der Waals surface area contributed by atoms with Crippen molar-refractivity contribution in [1.82, 2.24) is 0 Å². The van der Waals surface area contributed by atoms with Crippen molar-refractivity contribution in [2.75, 3.05) is 11.5 Å². The SMILES string of the molecule is CC(C)CCSCC(=O)c1coc2ccccc12. The summed E-state index contributed by atoms with van der Waals surface area (Å²) in [5, 5.41) is 0.923. The topological polar surface area (TPSA) is 30.2 Å². The van der Waals surface area contributed by atoms with Gasteiger partial charge in [-0.05, 0) is 24.2 Å². The van der Waals surface area contributed by atoms with E-state index in [1.165, 1.54) is 0 Å². The number of carbonyl (C=O) groups is 1. The molecule has 0 aliphatic rings. The number of para-hydroxylation sites is 1. The molecule has 0 unspecified atom stereocenters. The second kappa shape index (κ2) is 6.10. The van der Waals surface area contributed by atoms with Gasteiger partial charge < -0.3 is 4.42 Å². The highest BCUT2D eigenvalue weighted by Gasteiger charge is 2.13. The predicted molar refractivity (Wildman–Crippen MR) is 77.3 cm³/mol. The van der Waals surface area contributed by atoms with Gasteiger partial charge in [-0.2, -0.15) is 11.8 Å². The Balaban J connectivity index is 1.97. The minimum Gasteiger partial charge on any atom is -0.464 e. The number of hydrogen-bond acceptors (Lipinski definition) is 3. The zero-order valence-electron chi connectivity index (χ0n) is 10.8. The minimum absolute atomic E-state index is 0.161. The molecule has 0 atom stereocenters. The summed E-state index contributed by atoms with van der Waals surface area (Å²) in [6.45, 7) is 4.40. The second-order valence-electron chi connectivity index (χ2n) is 4.80. The van der Waals surface area contributed by atoms with Crippen LogP contribution in [-0.4, -0.2) is 17.3 Å². The average molecular weight is 262 g/mol. The van der Waals surface area contributed by atoms with Crippen LogP contribution in [0.1, 0.15) is 30.6 Å². The summed E-state index contributed by atoms with van der Waals surface area (Å²) in [5.41, 5.74) is 1.50. The standard InChI is InChI=1S/C15H18O2S/c1-11(2)7-8-18-10-14(16)13-9-17-15-6-4-3-5-12(13)15/h3-6,9,11H,7-8,10H2,1-2H3. The molecule has 2 rings (SSSR count). The van der Waals surface area contributed by atoms with Gasteiger partial charge in [-0.1, -0.05) is 32.0 Å². The molecule has 0 spiro atoms. The van der Waals surface area contributed by atoms with E-state index in [1.807, 2.05) is 24.3 Å². The Labute approximate surface area is 112 Å². The van der Waals surface area contributed by atoms with Crippen molar-refractivity contribution in [3.05, 3.63) is 36.1 Å². The number of Topliss-reactive ketones (excluding diaryl/α,β-unsaturated/α-hetero) is 1. The highest BCUT2D eigenvalue weighted by atomic mass is 32.2. The van der Waals surface area contributed by atoms with E-state index in [1.54, 1.807) is 18.0 Å². The monoisotopic (exact) mass is 262 g/mol. The Bertz CT molecular complexity index is 528. The van der Waals surface area contributed by atoms with Crippen LogP contribution >= 0.6 is 11.8 Å². The Hall–Kier alpha value is -1.22. The van der Waals surface area contributed by atoms with E-state index in [9.17, 15) is 4.79 Å². The zero-order chi connectivity index (χ0) is 13.0. The molecule has 3 heteroatoms. The van der Waals surface area contributed by atoms with Crippen LogP contribution in [0.3, 0.4) is 0 Å². The zero-order valence-corrected chi connectivity index (χ0v) is 11.6. The highest BCUT2D eigenvalue weighted by Crippen LogP contribution is 2.22. The Kier molecular flexibility index (Phi) is 4.48. The van der Waals surface area contributed by atoms with Crippen LogP contribution in [0.15, 0.2) is 34.9 Å². The number of rotatable bonds is 6. The first-order valence-electron chi connectivity index (χ1n) is 6.25. The third-order valence-corrected chi connectivity index (χ3v) is 3.84. The van der Waals surface area contributed by atoms with E-state index in [-0.39, 0.29) is 5.78 Å². The highest BCUT2D eigenvalue weighted by molar-refractivity contribution is 7.99. The number of furan rings is 1. The van der Waals surface area contributed by atoms with Crippen molar-refractivity contribution in [2.45, 2.75) is 20.3 Å². The van der Waals surface area contributed by atoms with Crippen LogP contribution in [-0.2, 0) is 0 Å². The van der Waals surface area contributed by atoms with Crippen molar-refractivity contribution in [2.24, 2.45) is 5.92 Å². The molecule has 0 saturated carbocycles. The van der Waals surface area contributed by atoms with E-state index in [2.05, 4.69) is 13.8 Å². The molecule has 0 saturated heterocycles. The number of fused-ring (bicyclic) bond motifs is 1. The van der Waals surface area contributed by atoms with Crippen molar-refractivity contribution in [1.29, 1.82) is 0 Å². The molecule has 1 aromatic heterocycles. The van der Waals surface area contributed by atoms with Gasteiger partial charge in [0, 0.05) is 5.39 Å². The van der Waals surface area contributed by atoms with Crippen LogP contribution in [0.4, 0.5) is 0 Å². The van der Waals surface area contributed by atoms with Gasteiger partial charge in [-0.15, -0.1) is 0 Å². The molecule has 0 radical (unpaired) electrons. The quantitative estimate of drug-likeness (QED) is 0.571. The van der Waals surface area contributed by atoms with E-state index >= 15 is 0 Å². The number of thioether (sulfide) groups is 1. The molecule has 0 bridgehead atoms. The molecule has 0 fully saturated rings. The largest absolute Gasteiger partial charge is 0.464 e. The Morgan fingerprint density at radius 2 is 2.11 bits per heavy atom. The summed E-state index contributed by atoms with van der Waals surface area (Å²) in [6.07, 6.45) is 2.74. The maximum atomic E-state index is 12.1. The smallest absolute Gasteiger partial charge is 0.176 e. The summed E-state index contributed by atoms with van der Waals surface area (Å²) in [5.74, 6) is 2.44. The number of carbonyl (C=O) groups excluding carboxylic acids is 1. The second-order valence-corrected chi connectivity index (χ2v) is 5.91. The first kappa shape index (κ1) is 13.2. The molecule has 0 amide bonds. The summed E-state index contributed by atoms with van der Waals surface area (Å²) < 4.78 is 5.38. The molecular formula is C15H18O2S. The molecule has 1 heterocycles. The fourth-order valence-corrected chi connectivity index (χ4v) is 2.88. The summed E-state index contributed by atoms with van der Waals surface area (Å²) in [7, 11) is 0. The molecular weight excluding hydrogens is 244 g/mol. The molecule has 0 aliphatic heterocycles. The first-order chi connectivity index (χ1) is 8.68. The summed E-state index contributed by atoms with van der Waals surface area (Å²) in [6, 6.07) is 7.67. The van der Waals surface area contributed by atoms with Crippen LogP contribution in [0, 0.1) is 5.92 Å². The maximum Gasteiger partial charge on any atom is 0.176 e. The van der Waals surface area contributed by atoms with Gasteiger partial charge in [0.05, 0.1) is 11.3 Å². The third kappa shape index (κ3) is 3.16. The van der Waals surface area contributed by atoms with Gasteiger partial charge in [0.2, 0.25) is 0 Å². The van der Waals surface area contributed by atoms with Crippen molar-refractivity contribution < 1.29 is 9.21 Å². The van der Waals surface area contributed by atoms with E-state index in [0.29, 0.717) is 17.2 Å². The number of ketones is 1. The lowest BCUT2D eigenvalue weighted by atomic mass is 10.1. The molecule has 0 aliphatic carbocycles. The molecule has 2 aromatic rings. The van der Waals surface area contributed by atoms with Gasteiger partial charge >= 0.3 is 0 Å². The lowest BCUT2D eigenvalue weighted by Gasteiger charge is -2.03. The van der Waals surface area contributed by atoms with Crippen molar-refractivity contribution in [3.8, 4) is 0 Å². The van der Waals surface area contributed by atoms with E-state index in [0.717, 1.165) is 23.1 Å². The molecule has 18 heavy (non-hydrogen) atoms. The fraction of sp³-hybridized carbons (Fsp3) is 0.400. The normalized spacial score (nSPS) is 11.3. The number of hydrogen-bond donors (Lipinski definition) is 0. The third-order valence-electron chi connectivity index (χ3n) is 2.85. The fourth-order valence-electron chi connectivity index (χ4n) is 1.76. The Morgan fingerprint density at radius 1 is 1.33 bits per heavy atom. The van der Waals surface area contributed by atoms with Crippen LogP contribution in [0.2, 0.25) is 0 Å². The van der Waals surface area contributed by atoms with Gasteiger partial charge in [-0.3, -0.25) is 4.79 Å². The summed E-state index contributed by atoms with van der Waals surface area (Å²) >= 11 is 1.71. The average Bonchev–Trinajstić information content (AvgIpc) is 2.78. The van der Waals surface area contributed by atoms with Crippen LogP contribution in [0.25, 0.3) is 11.0 Å². The van der Waals surface area contributed by atoms with Gasteiger partial charge in [-0.25, -0.2) is 0 Å². The van der Waals surface area contributed by atoms with Crippen LogP contribution in [0.5, 0.6) is 0 Å². The summed E-state index contributed by atoms with van der Waals surface area (Å²) in [4.78, 5) is 12.1. The first-order valence-corrected chi connectivity index (χ1v) is 7.41. The minimum atomic E-state index is 0.161. The lowest BCUT2D eigenvalue weighted by Crippen LogP contribution is -2.02. The Morgan fingerprint density at radius 3 is 2.89 bits per heavy atom. The number of benzene rings is 1.